The van der Waals surface area contributed by atoms with Gasteiger partial charge in [-0.3, -0.25) is 4.79 Å². The number of hydrogen-bond donors (Lipinski definition) is 0. The van der Waals surface area contributed by atoms with Crippen molar-refractivity contribution < 1.29 is 4.79 Å². The molecule has 0 aliphatic carbocycles. The van der Waals surface area contributed by atoms with Crippen LogP contribution in [0.25, 0.3) is 5.69 Å². The zero-order chi connectivity index (χ0) is 20.1. The van der Waals surface area contributed by atoms with Crippen molar-refractivity contribution in [3.05, 3.63) is 64.7 Å². The molecular formula is C21H25N5OS. The highest BCUT2D eigenvalue weighted by atomic mass is 32.2. The van der Waals surface area contributed by atoms with Crippen LogP contribution in [0.15, 0.2) is 47.6 Å². The first-order chi connectivity index (χ1) is 13.5. The van der Waals surface area contributed by atoms with Crippen LogP contribution in [0.1, 0.15) is 29.2 Å². The number of carbonyl (C=O) groups is 1. The van der Waals surface area contributed by atoms with Crippen molar-refractivity contribution in [1.29, 1.82) is 0 Å². The van der Waals surface area contributed by atoms with Crippen LogP contribution in [-0.2, 0) is 17.8 Å². The van der Waals surface area contributed by atoms with Gasteiger partial charge in [0.05, 0.1) is 11.4 Å². The lowest BCUT2D eigenvalue weighted by Crippen LogP contribution is -2.27. The molecule has 0 aliphatic heterocycles. The normalized spacial score (nSPS) is 10.9. The monoisotopic (exact) mass is 395 g/mol. The van der Waals surface area contributed by atoms with Crippen molar-refractivity contribution in [1.82, 2.24) is 25.1 Å². The fourth-order valence-corrected chi connectivity index (χ4v) is 3.81. The maximum atomic E-state index is 12.5. The van der Waals surface area contributed by atoms with Crippen molar-refractivity contribution in [3.8, 4) is 5.69 Å². The van der Waals surface area contributed by atoms with Crippen molar-refractivity contribution >= 4 is 17.7 Å². The molecule has 0 N–H and O–H groups in total. The zero-order valence-corrected chi connectivity index (χ0v) is 17.5. The highest BCUT2D eigenvalue weighted by molar-refractivity contribution is 7.99. The van der Waals surface area contributed by atoms with Gasteiger partial charge in [0.25, 0.3) is 0 Å². The number of thioether (sulfide) groups is 1. The lowest BCUT2D eigenvalue weighted by Gasteiger charge is -2.17. The van der Waals surface area contributed by atoms with E-state index in [4.69, 9.17) is 0 Å². The molecule has 6 nitrogen and oxygen atoms in total. The Balaban J connectivity index is 1.62. The summed E-state index contributed by atoms with van der Waals surface area (Å²) in [6.45, 7) is 6.80. The van der Waals surface area contributed by atoms with E-state index >= 15 is 0 Å². The molecule has 0 saturated heterocycles. The predicted molar refractivity (Wildman–Crippen MR) is 112 cm³/mol. The number of amides is 1. The van der Waals surface area contributed by atoms with Gasteiger partial charge in [-0.15, -0.1) is 5.10 Å². The highest BCUT2D eigenvalue weighted by Gasteiger charge is 2.15. The molecule has 1 heterocycles. The molecule has 0 spiro atoms. The first-order valence-electron chi connectivity index (χ1n) is 9.28. The summed E-state index contributed by atoms with van der Waals surface area (Å²) in [4.78, 5) is 14.3. The van der Waals surface area contributed by atoms with E-state index in [1.807, 2.05) is 33.0 Å². The van der Waals surface area contributed by atoms with Gasteiger partial charge in [-0.05, 0) is 65.1 Å². The standard InChI is InChI=1S/C21H25N5OS/c1-5-17-6-8-18(9-7-17)13-25(4)20(27)14-28-21-22-23-24-26(21)19-11-15(2)10-16(3)12-19/h6-12H,5,13-14H2,1-4H3. The third kappa shape index (κ3) is 4.98. The van der Waals surface area contributed by atoms with Gasteiger partial charge in [0.2, 0.25) is 11.1 Å². The SMILES string of the molecule is CCc1ccc(CN(C)C(=O)CSc2nnnn2-c2cc(C)cc(C)c2)cc1. The van der Waals surface area contributed by atoms with Gasteiger partial charge in [-0.25, -0.2) is 0 Å². The minimum atomic E-state index is 0.0412. The summed E-state index contributed by atoms with van der Waals surface area (Å²) in [6.07, 6.45) is 1.01. The molecule has 3 rings (SSSR count). The van der Waals surface area contributed by atoms with E-state index in [0.717, 1.165) is 28.8 Å². The van der Waals surface area contributed by atoms with Gasteiger partial charge in [0.1, 0.15) is 0 Å². The second-order valence-electron chi connectivity index (χ2n) is 6.93. The Morgan fingerprint density at radius 1 is 1.07 bits per heavy atom. The number of aryl methyl sites for hydroxylation is 3. The molecule has 0 saturated carbocycles. The molecule has 7 heteroatoms. The van der Waals surface area contributed by atoms with Crippen molar-refractivity contribution in [2.45, 2.75) is 38.9 Å². The topological polar surface area (TPSA) is 63.9 Å². The van der Waals surface area contributed by atoms with E-state index in [2.05, 4.69) is 52.8 Å². The summed E-state index contributed by atoms with van der Waals surface area (Å²) in [7, 11) is 1.82. The van der Waals surface area contributed by atoms with Crippen molar-refractivity contribution in [2.24, 2.45) is 0 Å². The van der Waals surface area contributed by atoms with E-state index in [-0.39, 0.29) is 11.7 Å². The van der Waals surface area contributed by atoms with Crippen LogP contribution >= 0.6 is 11.8 Å². The number of rotatable bonds is 7. The molecule has 0 atom stereocenters. The van der Waals surface area contributed by atoms with Gasteiger partial charge in [-0.1, -0.05) is 49.0 Å². The molecule has 0 radical (unpaired) electrons. The van der Waals surface area contributed by atoms with Crippen LogP contribution in [0.5, 0.6) is 0 Å². The summed E-state index contributed by atoms with van der Waals surface area (Å²) in [5.41, 5.74) is 5.61. The molecule has 0 unspecified atom stereocenters. The average Bonchev–Trinajstić information content (AvgIpc) is 3.14. The summed E-state index contributed by atoms with van der Waals surface area (Å²) in [6, 6.07) is 14.5. The van der Waals surface area contributed by atoms with Gasteiger partial charge < -0.3 is 4.90 Å². The second kappa shape index (κ2) is 9.01. The van der Waals surface area contributed by atoms with Crippen molar-refractivity contribution in [2.75, 3.05) is 12.8 Å². The van der Waals surface area contributed by atoms with Crippen LogP contribution in [-0.4, -0.2) is 43.8 Å². The van der Waals surface area contributed by atoms with E-state index in [9.17, 15) is 4.79 Å². The van der Waals surface area contributed by atoms with Gasteiger partial charge in [-0.2, -0.15) is 4.68 Å². The summed E-state index contributed by atoms with van der Waals surface area (Å²) >= 11 is 1.35. The van der Waals surface area contributed by atoms with Crippen molar-refractivity contribution in [3.63, 3.8) is 0 Å². The quantitative estimate of drug-likeness (QED) is 0.572. The third-order valence-corrected chi connectivity index (χ3v) is 5.40. The maximum Gasteiger partial charge on any atom is 0.233 e. The average molecular weight is 396 g/mol. The minimum Gasteiger partial charge on any atom is -0.341 e. The number of aromatic nitrogens is 4. The van der Waals surface area contributed by atoms with Crippen LogP contribution in [0.3, 0.4) is 0 Å². The Morgan fingerprint density at radius 2 is 1.71 bits per heavy atom. The lowest BCUT2D eigenvalue weighted by atomic mass is 10.1. The van der Waals surface area contributed by atoms with Gasteiger partial charge in [0, 0.05) is 13.6 Å². The Kier molecular flexibility index (Phi) is 6.46. The van der Waals surface area contributed by atoms with Crippen LogP contribution in [0.2, 0.25) is 0 Å². The van der Waals surface area contributed by atoms with Gasteiger partial charge in [0.15, 0.2) is 0 Å². The number of benzene rings is 2. The molecule has 0 bridgehead atoms. The first kappa shape index (κ1) is 20.1. The Hall–Kier alpha value is -2.67. The van der Waals surface area contributed by atoms with E-state index in [1.165, 1.54) is 17.3 Å². The molecule has 146 valence electrons. The number of carbonyl (C=O) groups excluding carboxylic acids is 1. The second-order valence-corrected chi connectivity index (χ2v) is 7.87. The fraction of sp³-hybridized carbons (Fsp3) is 0.333. The number of nitrogens with zero attached hydrogens (tertiary/aromatic N) is 5. The van der Waals surface area contributed by atoms with E-state index in [1.54, 1.807) is 9.58 Å². The smallest absolute Gasteiger partial charge is 0.233 e. The molecule has 28 heavy (non-hydrogen) atoms. The zero-order valence-electron chi connectivity index (χ0n) is 16.7. The molecular weight excluding hydrogens is 370 g/mol. The molecule has 0 fully saturated rings. The van der Waals surface area contributed by atoms with Gasteiger partial charge >= 0.3 is 0 Å². The van der Waals surface area contributed by atoms with E-state index < -0.39 is 0 Å². The molecule has 1 aromatic heterocycles. The summed E-state index contributed by atoms with van der Waals surface area (Å²) in [5, 5.41) is 12.6. The molecule has 3 aromatic rings. The van der Waals surface area contributed by atoms with Crippen LogP contribution < -0.4 is 0 Å². The summed E-state index contributed by atoms with van der Waals surface area (Å²) < 4.78 is 1.68. The van der Waals surface area contributed by atoms with Crippen LogP contribution in [0.4, 0.5) is 0 Å². The fourth-order valence-electron chi connectivity index (χ4n) is 2.98. The largest absolute Gasteiger partial charge is 0.341 e. The summed E-state index contributed by atoms with van der Waals surface area (Å²) in [5.74, 6) is 0.328. The highest BCUT2D eigenvalue weighted by Crippen LogP contribution is 2.20. The molecule has 2 aromatic carbocycles. The molecule has 1 amide bonds. The minimum absolute atomic E-state index is 0.0412. The maximum absolute atomic E-state index is 12.5. The molecule has 0 aliphatic rings. The lowest BCUT2D eigenvalue weighted by molar-refractivity contribution is -0.127. The Bertz CT molecular complexity index is 931. The number of hydrogen-bond acceptors (Lipinski definition) is 5. The first-order valence-corrected chi connectivity index (χ1v) is 10.3. The third-order valence-electron chi connectivity index (χ3n) is 4.49. The van der Waals surface area contributed by atoms with E-state index in [0.29, 0.717) is 11.7 Å². The van der Waals surface area contributed by atoms with Crippen LogP contribution in [0, 0.1) is 13.8 Å². The predicted octanol–water partition coefficient (Wildman–Crippen LogP) is 3.59. The Morgan fingerprint density at radius 3 is 2.36 bits per heavy atom. The number of tetrazole rings is 1. The Labute approximate surface area is 169 Å².